The van der Waals surface area contributed by atoms with Gasteiger partial charge in [0.05, 0.1) is 11.5 Å². The number of sulfonamides is 1. The van der Waals surface area contributed by atoms with Gasteiger partial charge in [-0.1, -0.05) is 36.2 Å². The molecule has 0 N–H and O–H groups in total. The lowest BCUT2D eigenvalue weighted by Crippen LogP contribution is -2.35. The van der Waals surface area contributed by atoms with Gasteiger partial charge in [0.25, 0.3) is 5.91 Å². The van der Waals surface area contributed by atoms with Crippen LogP contribution in [-0.2, 0) is 26.2 Å². The molecule has 0 aliphatic carbocycles. The molecular formula is C21H25ClN2O4S. The lowest BCUT2D eigenvalue weighted by atomic mass is 10.2. The third-order valence-electron chi connectivity index (χ3n) is 4.97. The van der Waals surface area contributed by atoms with E-state index in [4.69, 9.17) is 16.3 Å². The Labute approximate surface area is 177 Å². The van der Waals surface area contributed by atoms with E-state index in [1.165, 1.54) is 21.3 Å². The number of nitrogens with zero attached hydrogens (tertiary/aromatic N) is 2. The SMILES string of the molecule is CN(C(=O)COCc1cc(S(=O)(=O)N2CCCCC2)ccc1Cl)c1ccccc1. The average molecular weight is 437 g/mol. The van der Waals surface area contributed by atoms with Gasteiger partial charge in [0.1, 0.15) is 6.61 Å². The standard InChI is InChI=1S/C21H25ClN2O4S/c1-23(18-8-4-2-5-9-18)21(25)16-28-15-17-14-19(10-11-20(17)22)29(26,27)24-12-6-3-7-13-24/h2,4-5,8-11,14H,3,6-7,12-13,15-16H2,1H3. The number of para-hydroxylation sites is 1. The third kappa shape index (κ3) is 5.36. The molecule has 0 bridgehead atoms. The highest BCUT2D eigenvalue weighted by atomic mass is 35.5. The lowest BCUT2D eigenvalue weighted by Gasteiger charge is -2.26. The summed E-state index contributed by atoms with van der Waals surface area (Å²) in [6.07, 6.45) is 2.80. The minimum Gasteiger partial charge on any atom is -0.367 e. The maximum atomic E-state index is 12.9. The van der Waals surface area contributed by atoms with Crippen molar-refractivity contribution in [2.45, 2.75) is 30.8 Å². The molecule has 6 nitrogen and oxygen atoms in total. The predicted octanol–water partition coefficient (Wildman–Crippen LogP) is 3.69. The van der Waals surface area contributed by atoms with Gasteiger partial charge in [0.15, 0.2) is 0 Å². The molecule has 0 atom stereocenters. The molecule has 1 amide bonds. The predicted molar refractivity (Wildman–Crippen MR) is 114 cm³/mol. The zero-order valence-electron chi connectivity index (χ0n) is 16.4. The molecule has 0 radical (unpaired) electrons. The summed E-state index contributed by atoms with van der Waals surface area (Å²) in [4.78, 5) is 14.0. The molecule has 1 aliphatic heterocycles. The molecule has 156 valence electrons. The molecule has 1 heterocycles. The molecule has 0 spiro atoms. The molecule has 1 fully saturated rings. The number of carbonyl (C=O) groups excluding carboxylic acids is 1. The molecule has 2 aromatic rings. The number of hydrogen-bond donors (Lipinski definition) is 0. The minimum atomic E-state index is -3.55. The summed E-state index contributed by atoms with van der Waals surface area (Å²) < 4.78 is 32.8. The maximum absolute atomic E-state index is 12.9. The third-order valence-corrected chi connectivity index (χ3v) is 7.23. The van der Waals surface area contributed by atoms with E-state index in [-0.39, 0.29) is 24.0 Å². The van der Waals surface area contributed by atoms with Crippen molar-refractivity contribution in [1.29, 1.82) is 0 Å². The molecule has 0 unspecified atom stereocenters. The van der Waals surface area contributed by atoms with Crippen LogP contribution < -0.4 is 4.90 Å². The largest absolute Gasteiger partial charge is 0.367 e. The van der Waals surface area contributed by atoms with Crippen molar-refractivity contribution in [1.82, 2.24) is 4.31 Å². The van der Waals surface area contributed by atoms with Crippen LogP contribution in [0.2, 0.25) is 5.02 Å². The first-order valence-corrected chi connectivity index (χ1v) is 11.4. The summed E-state index contributed by atoms with van der Waals surface area (Å²) in [5.74, 6) is -0.204. The van der Waals surface area contributed by atoms with Crippen LogP contribution >= 0.6 is 11.6 Å². The topological polar surface area (TPSA) is 66.9 Å². The van der Waals surface area contributed by atoms with E-state index >= 15 is 0 Å². The van der Waals surface area contributed by atoms with Gasteiger partial charge in [0, 0.05) is 30.8 Å². The average Bonchev–Trinajstić information content (AvgIpc) is 2.75. The monoisotopic (exact) mass is 436 g/mol. The van der Waals surface area contributed by atoms with Crippen molar-refractivity contribution >= 4 is 33.2 Å². The van der Waals surface area contributed by atoms with Gasteiger partial charge in [0.2, 0.25) is 10.0 Å². The normalized spacial score (nSPS) is 15.2. The van der Waals surface area contributed by atoms with Crippen molar-refractivity contribution < 1.29 is 17.9 Å². The second-order valence-electron chi connectivity index (χ2n) is 7.00. The van der Waals surface area contributed by atoms with Gasteiger partial charge >= 0.3 is 0 Å². The molecule has 29 heavy (non-hydrogen) atoms. The van der Waals surface area contributed by atoms with Gasteiger partial charge in [-0.15, -0.1) is 0 Å². The number of ether oxygens (including phenoxy) is 1. The molecule has 1 saturated heterocycles. The van der Waals surface area contributed by atoms with Crippen LogP contribution in [0.5, 0.6) is 0 Å². The molecule has 0 saturated carbocycles. The first-order chi connectivity index (χ1) is 13.9. The Bertz CT molecular complexity index is 944. The van der Waals surface area contributed by atoms with Crippen LogP contribution in [-0.4, -0.2) is 45.4 Å². The summed E-state index contributed by atoms with van der Waals surface area (Å²) in [6.45, 7) is 0.996. The highest BCUT2D eigenvalue weighted by Gasteiger charge is 2.26. The second kappa shape index (κ2) is 9.71. The number of benzene rings is 2. The zero-order chi connectivity index (χ0) is 20.9. The Morgan fingerprint density at radius 2 is 1.79 bits per heavy atom. The zero-order valence-corrected chi connectivity index (χ0v) is 18.0. The number of carbonyl (C=O) groups is 1. The van der Waals surface area contributed by atoms with E-state index in [0.717, 1.165) is 24.9 Å². The highest BCUT2D eigenvalue weighted by Crippen LogP contribution is 2.25. The Hall–Kier alpha value is -1.93. The van der Waals surface area contributed by atoms with E-state index in [0.29, 0.717) is 23.7 Å². The van der Waals surface area contributed by atoms with Crippen molar-refractivity contribution in [2.75, 3.05) is 31.6 Å². The number of halogens is 1. The number of rotatable bonds is 7. The fourth-order valence-electron chi connectivity index (χ4n) is 3.22. The number of anilines is 1. The number of likely N-dealkylation sites (N-methyl/N-ethyl adjacent to an activating group) is 1. The molecule has 2 aromatic carbocycles. The van der Waals surface area contributed by atoms with E-state index in [1.54, 1.807) is 13.1 Å². The molecular weight excluding hydrogens is 412 g/mol. The quantitative estimate of drug-likeness (QED) is 0.663. The van der Waals surface area contributed by atoms with Gasteiger partial charge in [-0.2, -0.15) is 4.31 Å². The first kappa shape index (κ1) is 21.8. The summed E-state index contributed by atoms with van der Waals surface area (Å²) in [7, 11) is -1.87. The summed E-state index contributed by atoms with van der Waals surface area (Å²) >= 11 is 6.22. The van der Waals surface area contributed by atoms with Crippen LogP contribution in [0.25, 0.3) is 0 Å². The molecule has 0 aromatic heterocycles. The van der Waals surface area contributed by atoms with Gasteiger partial charge in [-0.05, 0) is 48.7 Å². The Morgan fingerprint density at radius 3 is 2.48 bits per heavy atom. The Balaban J connectivity index is 1.64. The Morgan fingerprint density at radius 1 is 1.10 bits per heavy atom. The van der Waals surface area contributed by atoms with Crippen LogP contribution in [0.4, 0.5) is 5.69 Å². The maximum Gasteiger partial charge on any atom is 0.252 e. The van der Waals surface area contributed by atoms with Crippen molar-refractivity contribution in [3.05, 3.63) is 59.1 Å². The minimum absolute atomic E-state index is 0.0521. The second-order valence-corrected chi connectivity index (χ2v) is 9.34. The fraction of sp³-hybridized carbons (Fsp3) is 0.381. The highest BCUT2D eigenvalue weighted by molar-refractivity contribution is 7.89. The Kier molecular flexibility index (Phi) is 7.29. The van der Waals surface area contributed by atoms with E-state index in [2.05, 4.69) is 0 Å². The van der Waals surface area contributed by atoms with Crippen LogP contribution in [0.1, 0.15) is 24.8 Å². The van der Waals surface area contributed by atoms with E-state index in [1.807, 2.05) is 30.3 Å². The summed E-state index contributed by atoms with van der Waals surface area (Å²) in [5.41, 5.74) is 1.31. The van der Waals surface area contributed by atoms with Crippen LogP contribution in [0.15, 0.2) is 53.4 Å². The van der Waals surface area contributed by atoms with Crippen molar-refractivity contribution in [3.63, 3.8) is 0 Å². The van der Waals surface area contributed by atoms with Crippen LogP contribution in [0.3, 0.4) is 0 Å². The van der Waals surface area contributed by atoms with E-state index in [9.17, 15) is 13.2 Å². The van der Waals surface area contributed by atoms with Gasteiger partial charge in [-0.25, -0.2) is 8.42 Å². The van der Waals surface area contributed by atoms with Gasteiger partial charge < -0.3 is 9.64 Å². The van der Waals surface area contributed by atoms with Crippen molar-refractivity contribution in [2.24, 2.45) is 0 Å². The summed E-state index contributed by atoms with van der Waals surface area (Å²) in [5, 5.41) is 0.409. The molecule has 3 rings (SSSR count). The molecule has 8 heteroatoms. The van der Waals surface area contributed by atoms with Crippen LogP contribution in [0, 0.1) is 0 Å². The fourth-order valence-corrected chi connectivity index (χ4v) is 4.96. The van der Waals surface area contributed by atoms with E-state index < -0.39 is 10.0 Å². The smallest absolute Gasteiger partial charge is 0.252 e. The molecule has 1 aliphatic rings. The lowest BCUT2D eigenvalue weighted by molar-refractivity contribution is -0.123. The number of hydrogen-bond acceptors (Lipinski definition) is 4. The number of amides is 1. The van der Waals surface area contributed by atoms with Crippen molar-refractivity contribution in [3.8, 4) is 0 Å². The summed E-state index contributed by atoms with van der Waals surface area (Å²) in [6, 6.07) is 13.9. The first-order valence-electron chi connectivity index (χ1n) is 9.57. The van der Waals surface area contributed by atoms with Gasteiger partial charge in [-0.3, -0.25) is 4.79 Å². The number of piperidine rings is 1.